The third kappa shape index (κ3) is 8.35. The van der Waals surface area contributed by atoms with E-state index in [1.165, 1.54) is 12.1 Å². The largest absolute Gasteiger partial charge is 0.380 e. The molecule has 0 aliphatic carbocycles. The van der Waals surface area contributed by atoms with E-state index in [4.69, 9.17) is 11.6 Å². The average molecular weight is 687 g/mol. The summed E-state index contributed by atoms with van der Waals surface area (Å²) in [4.78, 5) is 36.8. The Labute approximate surface area is 284 Å². The van der Waals surface area contributed by atoms with Crippen molar-refractivity contribution in [3.8, 4) is 11.8 Å². The minimum absolute atomic E-state index is 0.0817. The van der Waals surface area contributed by atoms with E-state index in [0.29, 0.717) is 28.4 Å². The lowest BCUT2D eigenvalue weighted by Crippen LogP contribution is -2.36. The van der Waals surface area contributed by atoms with Crippen molar-refractivity contribution in [1.29, 1.82) is 0 Å². The Kier molecular flexibility index (Phi) is 10.1. The van der Waals surface area contributed by atoms with Crippen LogP contribution >= 0.6 is 11.6 Å². The number of aromatic nitrogens is 4. The fourth-order valence-corrected chi connectivity index (χ4v) is 5.54. The highest BCUT2D eigenvalue weighted by Crippen LogP contribution is 2.24. The first kappa shape index (κ1) is 33.5. The van der Waals surface area contributed by atoms with E-state index in [1.54, 1.807) is 36.5 Å². The summed E-state index contributed by atoms with van der Waals surface area (Å²) in [5.41, 5.74) is 1.50. The number of carbonyl (C=O) groups excluding carboxylic acids is 1. The third-order valence-electron chi connectivity index (χ3n) is 7.96. The molecule has 3 heterocycles. The molecule has 3 aromatic carbocycles. The van der Waals surface area contributed by atoms with Gasteiger partial charge in [0.25, 0.3) is 11.5 Å². The Morgan fingerprint density at radius 1 is 1.00 bits per heavy atom. The van der Waals surface area contributed by atoms with E-state index in [-0.39, 0.29) is 41.2 Å². The summed E-state index contributed by atoms with van der Waals surface area (Å²) in [6.07, 6.45) is 3.55. The van der Waals surface area contributed by atoms with Crippen LogP contribution in [0.4, 0.5) is 30.5 Å². The average Bonchev–Trinajstić information content (AvgIpc) is 3.08. The Balaban J connectivity index is 1.06. The van der Waals surface area contributed by atoms with E-state index in [1.807, 2.05) is 0 Å². The van der Waals surface area contributed by atoms with Crippen molar-refractivity contribution in [3.63, 3.8) is 0 Å². The van der Waals surface area contributed by atoms with E-state index in [9.17, 15) is 22.8 Å². The number of rotatable bonds is 8. The molecule has 1 fully saturated rings. The van der Waals surface area contributed by atoms with Gasteiger partial charge in [0.1, 0.15) is 11.4 Å². The molecule has 3 N–H and O–H groups in total. The Hall–Kier alpha value is -5.45. The zero-order chi connectivity index (χ0) is 34.5. The first-order valence-electron chi connectivity index (χ1n) is 15.4. The molecule has 1 aliphatic heterocycles. The summed E-state index contributed by atoms with van der Waals surface area (Å²) in [6.45, 7) is 1.66. The van der Waals surface area contributed by atoms with Gasteiger partial charge in [0.05, 0.1) is 24.3 Å². The first-order valence-corrected chi connectivity index (χ1v) is 15.8. The molecule has 2 aromatic heterocycles. The second kappa shape index (κ2) is 14.8. The number of nitrogens with zero attached hydrogens (tertiary/aromatic N) is 5. The number of hydrogen-bond acceptors (Lipinski definition) is 8. The van der Waals surface area contributed by atoms with E-state index < -0.39 is 23.1 Å². The normalized spacial score (nSPS) is 13.5. The van der Waals surface area contributed by atoms with Gasteiger partial charge in [0.2, 0.25) is 5.95 Å². The van der Waals surface area contributed by atoms with Crippen LogP contribution in [-0.2, 0) is 6.54 Å². The quantitative estimate of drug-likeness (QED) is 0.188. The number of carbonyl (C=O) groups is 1. The van der Waals surface area contributed by atoms with Crippen LogP contribution in [0.5, 0.6) is 0 Å². The van der Waals surface area contributed by atoms with Crippen LogP contribution in [0.15, 0.2) is 71.7 Å². The van der Waals surface area contributed by atoms with E-state index >= 15 is 0 Å². The Morgan fingerprint density at radius 3 is 2.59 bits per heavy atom. The molecule has 0 saturated carbocycles. The number of anilines is 3. The molecule has 1 aliphatic rings. The van der Waals surface area contributed by atoms with Crippen LogP contribution in [0.2, 0.25) is 5.15 Å². The first-order chi connectivity index (χ1) is 23.6. The van der Waals surface area contributed by atoms with Crippen molar-refractivity contribution in [3.05, 3.63) is 117 Å². The summed E-state index contributed by atoms with van der Waals surface area (Å²) in [6, 6.07) is 14.8. The van der Waals surface area contributed by atoms with Crippen LogP contribution in [0.1, 0.15) is 34.3 Å². The summed E-state index contributed by atoms with van der Waals surface area (Å²) in [5.74, 6) is 2.91. The van der Waals surface area contributed by atoms with Crippen LogP contribution in [0.25, 0.3) is 10.9 Å². The molecule has 6 rings (SSSR count). The minimum atomic E-state index is -1.07. The van der Waals surface area contributed by atoms with E-state index in [2.05, 4.69) is 54.8 Å². The fraction of sp³-hybridized carbons (Fsp3) is 0.229. The molecule has 0 atom stereocenters. The van der Waals surface area contributed by atoms with Crippen LogP contribution in [0.3, 0.4) is 0 Å². The van der Waals surface area contributed by atoms with Crippen molar-refractivity contribution < 1.29 is 18.0 Å². The second-order valence-corrected chi connectivity index (χ2v) is 12.0. The lowest BCUT2D eigenvalue weighted by Gasteiger charge is -2.30. The number of fused-ring (bicyclic) bond motifs is 1. The number of amides is 1. The van der Waals surface area contributed by atoms with Gasteiger partial charge in [-0.15, -0.1) is 0 Å². The molecule has 0 bridgehead atoms. The lowest BCUT2D eigenvalue weighted by atomic mass is 10.1. The number of piperidine rings is 1. The van der Waals surface area contributed by atoms with Crippen molar-refractivity contribution >= 4 is 45.7 Å². The maximum absolute atomic E-state index is 14.9. The van der Waals surface area contributed by atoms with Crippen molar-refractivity contribution in [2.75, 3.05) is 37.3 Å². The van der Waals surface area contributed by atoms with Gasteiger partial charge in [-0.2, -0.15) is 5.10 Å². The van der Waals surface area contributed by atoms with Gasteiger partial charge in [-0.25, -0.2) is 27.8 Å². The molecule has 5 aromatic rings. The molecular formula is C35H30ClF3N8O2. The zero-order valence-electron chi connectivity index (χ0n) is 26.2. The molecule has 0 radical (unpaired) electrons. The predicted octanol–water partition coefficient (Wildman–Crippen LogP) is 5.34. The van der Waals surface area contributed by atoms with E-state index in [0.717, 1.165) is 54.2 Å². The Morgan fingerprint density at radius 2 is 1.82 bits per heavy atom. The van der Waals surface area contributed by atoms with Crippen molar-refractivity contribution in [2.45, 2.75) is 25.4 Å². The van der Waals surface area contributed by atoms with Gasteiger partial charge in [0, 0.05) is 28.9 Å². The molecule has 49 heavy (non-hydrogen) atoms. The SMILES string of the molecule is CN1CCC(Nc2ccc(Nc3ncc4cc(C#CCNC(=O)c5cc(Cl)nn(Cc6ccc(F)c(F)c6)c5=O)ccc4n3)cc2F)CC1. The minimum Gasteiger partial charge on any atom is -0.380 e. The molecule has 0 spiro atoms. The topological polar surface area (TPSA) is 117 Å². The summed E-state index contributed by atoms with van der Waals surface area (Å²) >= 11 is 6.03. The number of halogens is 4. The van der Waals surface area contributed by atoms with Gasteiger partial charge < -0.3 is 20.9 Å². The summed E-state index contributed by atoms with van der Waals surface area (Å²) in [5, 5.41) is 13.4. The molecule has 1 saturated heterocycles. The smallest absolute Gasteiger partial charge is 0.280 e. The highest BCUT2D eigenvalue weighted by molar-refractivity contribution is 6.29. The zero-order valence-corrected chi connectivity index (χ0v) is 27.0. The van der Waals surface area contributed by atoms with Crippen molar-refractivity contribution in [2.24, 2.45) is 0 Å². The molecule has 250 valence electrons. The third-order valence-corrected chi connectivity index (χ3v) is 8.14. The maximum Gasteiger partial charge on any atom is 0.280 e. The summed E-state index contributed by atoms with van der Waals surface area (Å²) < 4.78 is 42.6. The molecule has 0 unspecified atom stereocenters. The fourth-order valence-electron chi connectivity index (χ4n) is 5.34. The highest BCUT2D eigenvalue weighted by Gasteiger charge is 2.18. The number of nitrogens with one attached hydrogen (secondary N) is 3. The van der Waals surface area contributed by atoms with Crippen molar-refractivity contribution in [1.82, 2.24) is 30.0 Å². The Bertz CT molecular complexity index is 2160. The number of benzene rings is 3. The lowest BCUT2D eigenvalue weighted by molar-refractivity contribution is 0.0956. The van der Waals surface area contributed by atoms with Crippen LogP contribution < -0.4 is 21.5 Å². The van der Waals surface area contributed by atoms with Crippen LogP contribution in [-0.4, -0.2) is 63.3 Å². The molecule has 14 heteroatoms. The van der Waals surface area contributed by atoms with Gasteiger partial charge in [-0.05, 0) is 93.1 Å². The standard InChI is InChI=1S/C35H30ClF3N8O2/c1-46-13-10-24(11-14-46)42-31-9-6-25(17-29(31)39)43-35-41-19-23-15-21(5-8-30(23)44-35)3-2-12-40-33(48)26-18-32(36)45-47(34(26)49)20-22-4-7-27(37)28(38)16-22/h4-9,15-19,24,42H,10-14,20H2,1H3,(H,40,48)(H,41,43,44). The summed E-state index contributed by atoms with van der Waals surface area (Å²) in [7, 11) is 2.08. The predicted molar refractivity (Wildman–Crippen MR) is 182 cm³/mol. The highest BCUT2D eigenvalue weighted by atomic mass is 35.5. The number of likely N-dealkylation sites (tertiary alicyclic amines) is 1. The van der Waals surface area contributed by atoms with Gasteiger partial charge in [-0.3, -0.25) is 9.59 Å². The van der Waals surface area contributed by atoms with Gasteiger partial charge >= 0.3 is 0 Å². The van der Waals surface area contributed by atoms with Gasteiger partial charge in [0.15, 0.2) is 16.8 Å². The molecular weight excluding hydrogens is 657 g/mol. The monoisotopic (exact) mass is 686 g/mol. The maximum atomic E-state index is 14.9. The van der Waals surface area contributed by atoms with Crippen LogP contribution in [0, 0.1) is 29.3 Å². The second-order valence-electron chi connectivity index (χ2n) is 11.6. The molecule has 10 nitrogen and oxygen atoms in total. The van der Waals surface area contributed by atoms with Gasteiger partial charge in [-0.1, -0.05) is 29.5 Å². The molecule has 1 amide bonds. The number of hydrogen-bond donors (Lipinski definition) is 3.